The molecule has 33 heavy (non-hydrogen) atoms. The molecule has 0 radical (unpaired) electrons. The molecule has 1 aliphatic carbocycles. The molecule has 0 spiro atoms. The number of methoxy groups -OCH3 is 1. The van der Waals surface area contributed by atoms with Crippen molar-refractivity contribution < 1.29 is 19.1 Å². The van der Waals surface area contributed by atoms with Gasteiger partial charge in [0.25, 0.3) is 11.8 Å². The van der Waals surface area contributed by atoms with Crippen LogP contribution in [0.15, 0.2) is 66.9 Å². The van der Waals surface area contributed by atoms with Gasteiger partial charge in [0.1, 0.15) is 11.9 Å². The van der Waals surface area contributed by atoms with Crippen LogP contribution in [-0.2, 0) is 6.54 Å². The average molecular weight is 446 g/mol. The predicted molar refractivity (Wildman–Crippen MR) is 126 cm³/mol. The van der Waals surface area contributed by atoms with Crippen LogP contribution in [0, 0.1) is 0 Å². The number of anilines is 1. The van der Waals surface area contributed by atoms with Crippen molar-refractivity contribution in [1.82, 2.24) is 10.3 Å². The van der Waals surface area contributed by atoms with E-state index in [9.17, 15) is 9.59 Å². The van der Waals surface area contributed by atoms with Crippen LogP contribution in [-0.4, -0.2) is 30.0 Å². The maximum absolute atomic E-state index is 12.8. The Morgan fingerprint density at radius 3 is 2.42 bits per heavy atom. The second-order valence-corrected chi connectivity index (χ2v) is 7.94. The number of aromatic nitrogens is 1. The summed E-state index contributed by atoms with van der Waals surface area (Å²) in [5.41, 5.74) is 2.15. The number of carbonyl (C=O) groups is 2. The summed E-state index contributed by atoms with van der Waals surface area (Å²) in [7, 11) is 1.57. The third kappa shape index (κ3) is 5.88. The van der Waals surface area contributed by atoms with Crippen LogP contribution in [0.4, 0.5) is 5.69 Å². The van der Waals surface area contributed by atoms with Crippen LogP contribution < -0.4 is 20.1 Å². The summed E-state index contributed by atoms with van der Waals surface area (Å²) in [4.78, 5) is 29.8. The largest absolute Gasteiger partial charge is 0.497 e. The Kier molecular flexibility index (Phi) is 7.19. The molecule has 2 amide bonds. The van der Waals surface area contributed by atoms with E-state index < -0.39 is 0 Å². The Bertz CT molecular complexity index is 1090. The fraction of sp³-hybridized carbons (Fsp3) is 0.269. The molecule has 1 saturated carbocycles. The van der Waals surface area contributed by atoms with Crippen molar-refractivity contribution in [2.24, 2.45) is 0 Å². The van der Waals surface area contributed by atoms with E-state index in [1.807, 2.05) is 12.1 Å². The number of hydrogen-bond donors (Lipinski definition) is 2. The van der Waals surface area contributed by atoms with Crippen molar-refractivity contribution in [2.45, 2.75) is 38.3 Å². The molecule has 0 atom stereocenters. The van der Waals surface area contributed by atoms with Crippen LogP contribution >= 0.6 is 0 Å². The minimum Gasteiger partial charge on any atom is -0.497 e. The standard InChI is InChI=1S/C26H27N3O4/c1-32-20-13-11-19(12-14-20)25(30)29-23-9-5-4-8-22(23)26(31)28-17-18-10-15-24(27-16-18)33-21-6-2-3-7-21/h4-5,8-16,21H,2-3,6-7,17H2,1H3,(H,28,31)(H,29,30). The summed E-state index contributed by atoms with van der Waals surface area (Å²) in [6.07, 6.45) is 6.53. The summed E-state index contributed by atoms with van der Waals surface area (Å²) < 4.78 is 11.0. The molecular formula is C26H27N3O4. The monoisotopic (exact) mass is 445 g/mol. The van der Waals surface area contributed by atoms with E-state index in [1.54, 1.807) is 61.8 Å². The Balaban J connectivity index is 1.36. The first-order chi connectivity index (χ1) is 16.1. The number of benzene rings is 2. The molecule has 0 saturated heterocycles. The first kappa shape index (κ1) is 22.3. The van der Waals surface area contributed by atoms with Crippen LogP contribution in [0.5, 0.6) is 11.6 Å². The highest BCUT2D eigenvalue weighted by Crippen LogP contribution is 2.23. The smallest absolute Gasteiger partial charge is 0.255 e. The van der Waals surface area contributed by atoms with Gasteiger partial charge in [-0.3, -0.25) is 9.59 Å². The molecule has 0 unspecified atom stereocenters. The Hall–Kier alpha value is -3.87. The van der Waals surface area contributed by atoms with Crippen LogP contribution in [0.1, 0.15) is 52.0 Å². The van der Waals surface area contributed by atoms with E-state index in [4.69, 9.17) is 9.47 Å². The zero-order valence-corrected chi connectivity index (χ0v) is 18.5. The Labute approximate surface area is 193 Å². The summed E-state index contributed by atoms with van der Waals surface area (Å²) >= 11 is 0. The lowest BCUT2D eigenvalue weighted by atomic mass is 10.1. The van der Waals surface area contributed by atoms with E-state index >= 15 is 0 Å². The molecule has 2 N–H and O–H groups in total. The highest BCUT2D eigenvalue weighted by atomic mass is 16.5. The molecule has 3 aromatic rings. The number of hydrogen-bond acceptors (Lipinski definition) is 5. The molecule has 1 aliphatic rings. The summed E-state index contributed by atoms with van der Waals surface area (Å²) in [6.45, 7) is 0.316. The van der Waals surface area contributed by atoms with Gasteiger partial charge >= 0.3 is 0 Å². The van der Waals surface area contributed by atoms with Gasteiger partial charge in [0, 0.05) is 24.4 Å². The third-order valence-corrected chi connectivity index (χ3v) is 5.61. The highest BCUT2D eigenvalue weighted by Gasteiger charge is 2.17. The number of ether oxygens (including phenoxy) is 2. The van der Waals surface area contributed by atoms with Gasteiger partial charge in [-0.05, 0) is 67.6 Å². The quantitative estimate of drug-likeness (QED) is 0.529. The molecule has 7 heteroatoms. The summed E-state index contributed by atoms with van der Waals surface area (Å²) in [6, 6.07) is 17.4. The number of nitrogens with one attached hydrogen (secondary N) is 2. The number of amides is 2. The van der Waals surface area contributed by atoms with Gasteiger partial charge in [-0.25, -0.2) is 4.98 Å². The summed E-state index contributed by atoms with van der Waals surface area (Å²) in [5.74, 6) is 0.689. The lowest BCUT2D eigenvalue weighted by molar-refractivity contribution is 0.0951. The van der Waals surface area contributed by atoms with E-state index in [-0.39, 0.29) is 17.9 Å². The second kappa shape index (κ2) is 10.6. The molecule has 0 aliphatic heterocycles. The second-order valence-electron chi connectivity index (χ2n) is 7.94. The lowest BCUT2D eigenvalue weighted by Crippen LogP contribution is -2.25. The van der Waals surface area contributed by atoms with Crippen molar-refractivity contribution in [2.75, 3.05) is 12.4 Å². The maximum atomic E-state index is 12.8. The van der Waals surface area contributed by atoms with Crippen molar-refractivity contribution >= 4 is 17.5 Å². The molecule has 4 rings (SSSR count). The minimum absolute atomic E-state index is 0.257. The van der Waals surface area contributed by atoms with Crippen LogP contribution in [0.3, 0.4) is 0 Å². The predicted octanol–water partition coefficient (Wildman–Crippen LogP) is 4.59. The van der Waals surface area contributed by atoms with Gasteiger partial charge in [-0.1, -0.05) is 18.2 Å². The molecule has 170 valence electrons. The van der Waals surface area contributed by atoms with E-state index in [0.29, 0.717) is 35.0 Å². The first-order valence-electron chi connectivity index (χ1n) is 11.1. The molecule has 1 aromatic heterocycles. The van der Waals surface area contributed by atoms with Gasteiger partial charge in [0.15, 0.2) is 0 Å². The fourth-order valence-corrected chi connectivity index (χ4v) is 3.77. The minimum atomic E-state index is -0.306. The number of rotatable bonds is 8. The highest BCUT2D eigenvalue weighted by molar-refractivity contribution is 6.09. The molecule has 0 bridgehead atoms. The van der Waals surface area contributed by atoms with E-state index in [1.165, 1.54) is 12.8 Å². The van der Waals surface area contributed by atoms with Gasteiger partial charge < -0.3 is 20.1 Å². The maximum Gasteiger partial charge on any atom is 0.255 e. The van der Waals surface area contributed by atoms with E-state index in [2.05, 4.69) is 15.6 Å². The fourth-order valence-electron chi connectivity index (χ4n) is 3.77. The van der Waals surface area contributed by atoms with Crippen LogP contribution in [0.2, 0.25) is 0 Å². The van der Waals surface area contributed by atoms with Crippen molar-refractivity contribution in [3.63, 3.8) is 0 Å². The molecule has 2 aromatic carbocycles. The third-order valence-electron chi connectivity index (χ3n) is 5.61. The molecule has 7 nitrogen and oxygen atoms in total. The molecule has 1 fully saturated rings. The Morgan fingerprint density at radius 1 is 0.970 bits per heavy atom. The van der Waals surface area contributed by atoms with Crippen molar-refractivity contribution in [1.29, 1.82) is 0 Å². The number of para-hydroxylation sites is 1. The average Bonchev–Trinajstić information content (AvgIpc) is 3.37. The first-order valence-corrected chi connectivity index (χ1v) is 11.1. The zero-order chi connectivity index (χ0) is 23.0. The Morgan fingerprint density at radius 2 is 1.73 bits per heavy atom. The van der Waals surface area contributed by atoms with Gasteiger partial charge in [0.05, 0.1) is 18.4 Å². The van der Waals surface area contributed by atoms with E-state index in [0.717, 1.165) is 18.4 Å². The number of pyridine rings is 1. The van der Waals surface area contributed by atoms with Gasteiger partial charge in [-0.2, -0.15) is 0 Å². The SMILES string of the molecule is COc1ccc(C(=O)Nc2ccccc2C(=O)NCc2ccc(OC3CCCC3)nc2)cc1. The van der Waals surface area contributed by atoms with Crippen molar-refractivity contribution in [3.05, 3.63) is 83.6 Å². The van der Waals surface area contributed by atoms with Gasteiger partial charge in [-0.15, -0.1) is 0 Å². The van der Waals surface area contributed by atoms with Crippen LogP contribution in [0.25, 0.3) is 0 Å². The van der Waals surface area contributed by atoms with Crippen molar-refractivity contribution in [3.8, 4) is 11.6 Å². The van der Waals surface area contributed by atoms with Gasteiger partial charge in [0.2, 0.25) is 5.88 Å². The molecular weight excluding hydrogens is 418 g/mol. The number of nitrogens with zero attached hydrogens (tertiary/aromatic N) is 1. The lowest BCUT2D eigenvalue weighted by Gasteiger charge is -2.13. The summed E-state index contributed by atoms with van der Waals surface area (Å²) in [5, 5.41) is 5.70. The zero-order valence-electron chi connectivity index (χ0n) is 18.5. The molecule has 1 heterocycles. The normalized spacial score (nSPS) is 13.4. The number of carbonyl (C=O) groups excluding carboxylic acids is 2. The topological polar surface area (TPSA) is 89.5 Å².